The number of rotatable bonds is 5. The minimum Gasteiger partial charge on any atom is -0.478 e. The van der Waals surface area contributed by atoms with Crippen molar-refractivity contribution in [1.29, 1.82) is 0 Å². The first-order valence-electron chi connectivity index (χ1n) is 5.92. The fourth-order valence-corrected chi connectivity index (χ4v) is 1.72. The van der Waals surface area contributed by atoms with E-state index in [1.807, 2.05) is 0 Å². The number of benzene rings is 1. The number of nitrogens with zero attached hydrogens (tertiary/aromatic N) is 1. The largest absolute Gasteiger partial charge is 0.478 e. The van der Waals surface area contributed by atoms with Gasteiger partial charge in [0.2, 0.25) is 0 Å². The van der Waals surface area contributed by atoms with Crippen LogP contribution in [-0.2, 0) is 6.54 Å². The molecule has 0 saturated carbocycles. The molecule has 20 heavy (non-hydrogen) atoms. The first-order valence-corrected chi connectivity index (χ1v) is 5.92. The highest BCUT2D eigenvalue weighted by molar-refractivity contribution is 5.87. The van der Waals surface area contributed by atoms with E-state index < -0.39 is 30.1 Å². The molecule has 7 heteroatoms. The number of hydrogen-bond acceptors (Lipinski definition) is 2. The topological polar surface area (TPSA) is 40.5 Å². The fourth-order valence-electron chi connectivity index (χ4n) is 1.72. The SMILES string of the molecule is CC(C)N(Cc1ccc(C(=O)O)c(F)c1)CC(F)(F)F. The molecule has 0 fully saturated rings. The number of carboxylic acid groups (broad SMARTS) is 1. The second kappa shape index (κ2) is 6.21. The summed E-state index contributed by atoms with van der Waals surface area (Å²) >= 11 is 0. The van der Waals surface area contributed by atoms with Crippen LogP contribution in [0.2, 0.25) is 0 Å². The van der Waals surface area contributed by atoms with Gasteiger partial charge in [-0.05, 0) is 31.5 Å². The van der Waals surface area contributed by atoms with Crippen molar-refractivity contribution in [2.24, 2.45) is 0 Å². The van der Waals surface area contributed by atoms with E-state index in [1.165, 1.54) is 6.07 Å². The van der Waals surface area contributed by atoms with Crippen LogP contribution in [-0.4, -0.2) is 34.7 Å². The summed E-state index contributed by atoms with van der Waals surface area (Å²) in [5, 5.41) is 8.68. The summed E-state index contributed by atoms with van der Waals surface area (Å²) in [4.78, 5) is 11.8. The van der Waals surface area contributed by atoms with Gasteiger partial charge in [0.15, 0.2) is 0 Å². The third-order valence-corrected chi connectivity index (χ3v) is 2.76. The second-order valence-electron chi connectivity index (χ2n) is 4.73. The lowest BCUT2D eigenvalue weighted by molar-refractivity contribution is -0.150. The Kier molecular flexibility index (Phi) is 5.10. The van der Waals surface area contributed by atoms with E-state index in [0.717, 1.165) is 17.0 Å². The maximum atomic E-state index is 13.5. The van der Waals surface area contributed by atoms with Crippen molar-refractivity contribution in [2.75, 3.05) is 6.54 Å². The standard InChI is InChI=1S/C13H15F4NO2/c1-8(2)18(7-13(15,16)17)6-9-3-4-10(12(19)20)11(14)5-9/h3-5,8H,6-7H2,1-2H3,(H,19,20). The quantitative estimate of drug-likeness (QED) is 0.847. The van der Waals surface area contributed by atoms with Gasteiger partial charge in [-0.3, -0.25) is 4.90 Å². The highest BCUT2D eigenvalue weighted by atomic mass is 19.4. The maximum Gasteiger partial charge on any atom is 0.401 e. The summed E-state index contributed by atoms with van der Waals surface area (Å²) in [6.07, 6.45) is -4.34. The van der Waals surface area contributed by atoms with Crippen molar-refractivity contribution in [3.05, 3.63) is 35.1 Å². The highest BCUT2D eigenvalue weighted by Crippen LogP contribution is 2.20. The lowest BCUT2D eigenvalue weighted by atomic mass is 10.1. The van der Waals surface area contributed by atoms with Crippen LogP contribution in [0.25, 0.3) is 0 Å². The smallest absolute Gasteiger partial charge is 0.401 e. The molecule has 0 atom stereocenters. The average Bonchev–Trinajstić information content (AvgIpc) is 2.25. The first kappa shape index (κ1) is 16.4. The van der Waals surface area contributed by atoms with Crippen molar-refractivity contribution >= 4 is 5.97 Å². The Morgan fingerprint density at radius 1 is 1.35 bits per heavy atom. The number of hydrogen-bond donors (Lipinski definition) is 1. The summed E-state index contributed by atoms with van der Waals surface area (Å²) in [5.41, 5.74) is -0.203. The van der Waals surface area contributed by atoms with Crippen LogP contribution >= 0.6 is 0 Å². The van der Waals surface area contributed by atoms with E-state index in [9.17, 15) is 22.4 Å². The fraction of sp³-hybridized carbons (Fsp3) is 0.462. The number of alkyl halides is 3. The lowest BCUT2D eigenvalue weighted by Gasteiger charge is -2.27. The Morgan fingerprint density at radius 2 is 1.95 bits per heavy atom. The Labute approximate surface area is 113 Å². The zero-order valence-electron chi connectivity index (χ0n) is 11.0. The zero-order valence-corrected chi connectivity index (χ0v) is 11.0. The molecule has 0 radical (unpaired) electrons. The van der Waals surface area contributed by atoms with Gasteiger partial charge in [-0.25, -0.2) is 9.18 Å². The van der Waals surface area contributed by atoms with Crippen LogP contribution in [0.4, 0.5) is 17.6 Å². The van der Waals surface area contributed by atoms with Gasteiger partial charge >= 0.3 is 12.1 Å². The predicted octanol–water partition coefficient (Wildman–Crippen LogP) is 3.30. The van der Waals surface area contributed by atoms with Gasteiger partial charge in [-0.2, -0.15) is 13.2 Å². The molecule has 0 aliphatic heterocycles. The molecule has 0 heterocycles. The van der Waals surface area contributed by atoms with Gasteiger partial charge in [0.05, 0.1) is 12.1 Å². The zero-order chi connectivity index (χ0) is 15.5. The summed E-state index contributed by atoms with van der Waals surface area (Å²) in [6, 6.07) is 2.95. The van der Waals surface area contributed by atoms with Crippen molar-refractivity contribution in [3.8, 4) is 0 Å². The molecule has 1 rings (SSSR count). The molecule has 0 bridgehead atoms. The molecule has 0 saturated heterocycles. The molecular formula is C13H15F4NO2. The van der Waals surface area contributed by atoms with Crippen LogP contribution in [0, 0.1) is 5.82 Å². The molecule has 0 aliphatic rings. The van der Waals surface area contributed by atoms with Crippen LogP contribution < -0.4 is 0 Å². The van der Waals surface area contributed by atoms with Crippen LogP contribution in [0.3, 0.4) is 0 Å². The Bertz CT molecular complexity index is 486. The minimum absolute atomic E-state index is 0.103. The van der Waals surface area contributed by atoms with E-state index in [0.29, 0.717) is 5.56 Å². The van der Waals surface area contributed by atoms with Gasteiger partial charge in [-0.15, -0.1) is 0 Å². The average molecular weight is 293 g/mol. The molecular weight excluding hydrogens is 278 g/mol. The predicted molar refractivity (Wildman–Crippen MR) is 65.0 cm³/mol. The van der Waals surface area contributed by atoms with Crippen molar-refractivity contribution in [3.63, 3.8) is 0 Å². The molecule has 1 aromatic rings. The molecule has 0 spiro atoms. The van der Waals surface area contributed by atoms with E-state index in [-0.39, 0.29) is 12.6 Å². The van der Waals surface area contributed by atoms with Gasteiger partial charge in [-0.1, -0.05) is 6.07 Å². The normalized spacial score (nSPS) is 12.2. The van der Waals surface area contributed by atoms with Crippen molar-refractivity contribution < 1.29 is 27.5 Å². The van der Waals surface area contributed by atoms with E-state index in [4.69, 9.17) is 5.11 Å². The monoisotopic (exact) mass is 293 g/mol. The van der Waals surface area contributed by atoms with Crippen molar-refractivity contribution in [2.45, 2.75) is 32.6 Å². The van der Waals surface area contributed by atoms with Crippen LogP contribution in [0.5, 0.6) is 0 Å². The minimum atomic E-state index is -4.34. The Morgan fingerprint density at radius 3 is 2.35 bits per heavy atom. The third-order valence-electron chi connectivity index (χ3n) is 2.76. The third kappa shape index (κ3) is 4.80. The lowest BCUT2D eigenvalue weighted by Crippen LogP contribution is -2.38. The Hall–Kier alpha value is -1.63. The molecule has 3 nitrogen and oxygen atoms in total. The molecule has 112 valence electrons. The van der Waals surface area contributed by atoms with E-state index >= 15 is 0 Å². The molecule has 1 aromatic carbocycles. The Balaban J connectivity index is 2.89. The number of aromatic carboxylic acids is 1. The van der Waals surface area contributed by atoms with Crippen LogP contribution in [0.15, 0.2) is 18.2 Å². The molecule has 0 unspecified atom stereocenters. The first-order chi connectivity index (χ1) is 9.10. The number of halogens is 4. The summed E-state index contributed by atoms with van der Waals surface area (Å²) < 4.78 is 50.7. The summed E-state index contributed by atoms with van der Waals surface area (Å²) in [7, 11) is 0. The molecule has 0 aromatic heterocycles. The van der Waals surface area contributed by atoms with E-state index in [1.54, 1.807) is 13.8 Å². The van der Waals surface area contributed by atoms with Crippen molar-refractivity contribution in [1.82, 2.24) is 4.90 Å². The van der Waals surface area contributed by atoms with Gasteiger partial charge in [0.1, 0.15) is 5.82 Å². The summed E-state index contributed by atoms with van der Waals surface area (Å²) in [5.74, 6) is -2.37. The van der Waals surface area contributed by atoms with E-state index in [2.05, 4.69) is 0 Å². The highest BCUT2D eigenvalue weighted by Gasteiger charge is 2.31. The molecule has 1 N–H and O–H groups in total. The molecule has 0 amide bonds. The molecule has 0 aliphatic carbocycles. The maximum absolute atomic E-state index is 13.5. The van der Waals surface area contributed by atoms with Gasteiger partial charge in [0.25, 0.3) is 0 Å². The van der Waals surface area contributed by atoms with Crippen LogP contribution in [0.1, 0.15) is 29.8 Å². The van der Waals surface area contributed by atoms with Gasteiger partial charge in [0, 0.05) is 12.6 Å². The number of carboxylic acids is 1. The van der Waals surface area contributed by atoms with Gasteiger partial charge < -0.3 is 5.11 Å². The second-order valence-corrected chi connectivity index (χ2v) is 4.73. The number of carbonyl (C=O) groups is 1. The summed E-state index contributed by atoms with van der Waals surface area (Å²) in [6.45, 7) is 2.00.